The Morgan fingerprint density at radius 1 is 0.849 bits per heavy atom. The quantitative estimate of drug-likeness (QED) is 0.223. The van der Waals surface area contributed by atoms with Crippen LogP contribution in [0.1, 0.15) is 21.6 Å². The summed E-state index contributed by atoms with van der Waals surface area (Å²) in [6.45, 7) is 2.43. The van der Waals surface area contributed by atoms with E-state index in [0.717, 1.165) is 22.2 Å². The Balaban J connectivity index is 0.909. The maximum atomic E-state index is 15.0. The van der Waals surface area contributed by atoms with Crippen LogP contribution < -0.4 is 20.8 Å². The molecule has 0 aliphatic carbocycles. The molecular weight excluding hydrogens is 675 g/mol. The van der Waals surface area contributed by atoms with Gasteiger partial charge in [-0.05, 0) is 66.2 Å². The first-order valence-corrected chi connectivity index (χ1v) is 17.2. The third-order valence-electron chi connectivity index (χ3n) is 9.41. The van der Waals surface area contributed by atoms with Crippen molar-refractivity contribution in [3.8, 4) is 17.0 Å². The van der Waals surface area contributed by atoms with Gasteiger partial charge in [-0.1, -0.05) is 24.3 Å². The van der Waals surface area contributed by atoms with E-state index in [1.54, 1.807) is 59.9 Å². The Labute approximate surface area is 302 Å². The molecule has 1 aliphatic heterocycles. The minimum atomic E-state index is -0.583. The molecule has 0 atom stereocenters. The first kappa shape index (κ1) is 33.4. The topological polar surface area (TPSA) is 139 Å². The fourth-order valence-electron chi connectivity index (χ4n) is 6.64. The Morgan fingerprint density at radius 3 is 2.53 bits per heavy atom. The van der Waals surface area contributed by atoms with E-state index in [0.29, 0.717) is 66.1 Å². The number of nitrogens with one attached hydrogen (secondary N) is 1. The van der Waals surface area contributed by atoms with Crippen LogP contribution in [0, 0.1) is 5.82 Å². The number of amides is 1. The van der Waals surface area contributed by atoms with E-state index < -0.39 is 5.82 Å². The number of piperazine rings is 1. The van der Waals surface area contributed by atoms with Crippen LogP contribution in [0.15, 0.2) is 119 Å². The average Bonchev–Trinajstić information content (AvgIpc) is 3.20. The van der Waals surface area contributed by atoms with Crippen molar-refractivity contribution in [2.75, 3.05) is 37.7 Å². The van der Waals surface area contributed by atoms with E-state index in [9.17, 15) is 14.4 Å². The van der Waals surface area contributed by atoms with E-state index >= 15 is 4.39 Å². The molecular formula is C40H33FN8O4. The van der Waals surface area contributed by atoms with Gasteiger partial charge in [-0.3, -0.25) is 24.4 Å². The van der Waals surface area contributed by atoms with Crippen molar-refractivity contribution in [1.82, 2.24) is 34.8 Å². The summed E-state index contributed by atoms with van der Waals surface area (Å²) in [6.07, 6.45) is 5.39. The summed E-state index contributed by atoms with van der Waals surface area (Å²) >= 11 is 0. The molecule has 3 aromatic carbocycles. The molecule has 53 heavy (non-hydrogen) atoms. The van der Waals surface area contributed by atoms with Gasteiger partial charge >= 0.3 is 0 Å². The van der Waals surface area contributed by atoms with E-state index in [2.05, 4.69) is 30.2 Å². The Bertz CT molecular complexity index is 2590. The summed E-state index contributed by atoms with van der Waals surface area (Å²) in [5, 5.41) is 13.3. The van der Waals surface area contributed by atoms with Gasteiger partial charge in [0, 0.05) is 79.3 Å². The van der Waals surface area contributed by atoms with E-state index in [-0.39, 0.29) is 35.7 Å². The maximum absolute atomic E-state index is 15.0. The zero-order valence-electron chi connectivity index (χ0n) is 28.5. The van der Waals surface area contributed by atoms with Crippen molar-refractivity contribution >= 4 is 33.3 Å². The molecule has 0 unspecified atom stereocenters. The summed E-state index contributed by atoms with van der Waals surface area (Å²) in [7, 11) is 0. The lowest BCUT2D eigenvalue weighted by molar-refractivity contribution is 0.0742. The highest BCUT2D eigenvalue weighted by molar-refractivity contribution is 5.95. The third-order valence-corrected chi connectivity index (χ3v) is 9.41. The molecule has 13 heteroatoms. The Hall–Kier alpha value is -6.76. The van der Waals surface area contributed by atoms with Crippen LogP contribution in [0.5, 0.6) is 5.75 Å². The van der Waals surface area contributed by atoms with Gasteiger partial charge in [0.05, 0.1) is 34.4 Å². The molecule has 1 aliphatic rings. The highest BCUT2D eigenvalue weighted by Gasteiger charge is 2.25. The SMILES string of the molecule is O=C(c1cc(Cc2n[nH]c(=O)c3ccccc23)ccc1F)N1CCN(c2ccc3c(OCCn4nc(-c5cccnc5)ccc4=O)ccnc3c2)CC1. The second-order valence-electron chi connectivity index (χ2n) is 12.7. The second-order valence-corrected chi connectivity index (χ2v) is 12.7. The van der Waals surface area contributed by atoms with Crippen LogP contribution in [-0.2, 0) is 13.0 Å². The fourth-order valence-corrected chi connectivity index (χ4v) is 6.64. The van der Waals surface area contributed by atoms with Crippen molar-refractivity contribution in [2.45, 2.75) is 13.0 Å². The number of H-pyrrole nitrogens is 1. The van der Waals surface area contributed by atoms with Crippen molar-refractivity contribution in [1.29, 1.82) is 0 Å². The molecule has 0 bridgehead atoms. The molecule has 4 aromatic heterocycles. The molecule has 7 aromatic rings. The lowest BCUT2D eigenvalue weighted by atomic mass is 10.0. The molecule has 1 N–H and O–H groups in total. The van der Waals surface area contributed by atoms with Crippen molar-refractivity contribution in [2.24, 2.45) is 0 Å². The monoisotopic (exact) mass is 708 g/mol. The predicted molar refractivity (Wildman–Crippen MR) is 199 cm³/mol. The minimum Gasteiger partial charge on any atom is -0.491 e. The number of pyridine rings is 2. The predicted octanol–water partition coefficient (Wildman–Crippen LogP) is 4.86. The van der Waals surface area contributed by atoms with E-state index in [4.69, 9.17) is 4.74 Å². The number of benzene rings is 3. The number of carbonyl (C=O) groups excluding carboxylic acids is 1. The summed E-state index contributed by atoms with van der Waals surface area (Å²) < 4.78 is 22.5. The molecule has 1 saturated heterocycles. The molecule has 12 nitrogen and oxygen atoms in total. The van der Waals surface area contributed by atoms with Gasteiger partial charge in [-0.2, -0.15) is 10.2 Å². The average molecular weight is 709 g/mol. The van der Waals surface area contributed by atoms with Gasteiger partial charge < -0.3 is 14.5 Å². The van der Waals surface area contributed by atoms with E-state index in [1.807, 2.05) is 42.5 Å². The van der Waals surface area contributed by atoms with Crippen molar-refractivity contribution in [3.63, 3.8) is 0 Å². The van der Waals surface area contributed by atoms with Gasteiger partial charge in [0.15, 0.2) is 0 Å². The molecule has 5 heterocycles. The number of ether oxygens (including phenoxy) is 1. The van der Waals surface area contributed by atoms with Gasteiger partial charge in [-0.15, -0.1) is 0 Å². The van der Waals surface area contributed by atoms with Gasteiger partial charge in [0.25, 0.3) is 17.0 Å². The van der Waals surface area contributed by atoms with Gasteiger partial charge in [0.2, 0.25) is 0 Å². The van der Waals surface area contributed by atoms with Crippen LogP contribution >= 0.6 is 0 Å². The number of aromatic nitrogens is 6. The smallest absolute Gasteiger partial charge is 0.272 e. The maximum Gasteiger partial charge on any atom is 0.272 e. The summed E-state index contributed by atoms with van der Waals surface area (Å²) in [5.41, 5.74) is 4.02. The largest absolute Gasteiger partial charge is 0.491 e. The highest BCUT2D eigenvalue weighted by Crippen LogP contribution is 2.29. The second kappa shape index (κ2) is 14.5. The number of carbonyl (C=O) groups is 1. The minimum absolute atomic E-state index is 0.00831. The van der Waals surface area contributed by atoms with E-state index in [1.165, 1.54) is 16.8 Å². The first-order chi connectivity index (χ1) is 25.9. The highest BCUT2D eigenvalue weighted by atomic mass is 19.1. The van der Waals surface area contributed by atoms with Crippen LogP contribution in [0.25, 0.3) is 32.9 Å². The molecule has 0 spiro atoms. The van der Waals surface area contributed by atoms with Crippen LogP contribution in [-0.4, -0.2) is 73.5 Å². The van der Waals surface area contributed by atoms with Crippen LogP contribution in [0.4, 0.5) is 10.1 Å². The number of hydrogen-bond acceptors (Lipinski definition) is 9. The zero-order chi connectivity index (χ0) is 36.3. The first-order valence-electron chi connectivity index (χ1n) is 17.2. The van der Waals surface area contributed by atoms with Crippen molar-refractivity contribution in [3.05, 3.63) is 153 Å². The summed E-state index contributed by atoms with van der Waals surface area (Å²) in [5.74, 6) is -0.311. The zero-order valence-corrected chi connectivity index (χ0v) is 28.5. The number of aromatic amines is 1. The van der Waals surface area contributed by atoms with Crippen molar-refractivity contribution < 1.29 is 13.9 Å². The van der Waals surface area contributed by atoms with Crippen LogP contribution in [0.2, 0.25) is 0 Å². The number of halogens is 1. The Morgan fingerprint density at radius 2 is 1.70 bits per heavy atom. The fraction of sp³-hybridized carbons (Fsp3) is 0.175. The lowest BCUT2D eigenvalue weighted by Gasteiger charge is -2.36. The number of hydrogen-bond donors (Lipinski definition) is 1. The molecule has 1 fully saturated rings. The Kier molecular flexibility index (Phi) is 9.11. The number of fused-ring (bicyclic) bond motifs is 2. The normalized spacial score (nSPS) is 13.1. The lowest BCUT2D eigenvalue weighted by Crippen LogP contribution is -2.49. The number of anilines is 1. The molecule has 0 radical (unpaired) electrons. The number of nitrogens with zero attached hydrogens (tertiary/aromatic N) is 7. The summed E-state index contributed by atoms with van der Waals surface area (Å²) in [4.78, 5) is 50.8. The molecule has 1 amide bonds. The third kappa shape index (κ3) is 6.96. The molecule has 264 valence electrons. The standard InChI is InChI=1S/C40H33FN8O4/c41-33-10-7-26(23-36-29-5-1-2-6-30(29)39(51)45-44-36)22-32(33)40(52)48-18-16-47(17-19-48)28-8-9-31-35(24-28)43-15-13-37(31)53-21-20-49-38(50)12-11-34(46-49)27-4-3-14-42-25-27/h1-15,22,24-25H,16-21,23H2,(H,45,51). The van der Waals surface area contributed by atoms with Gasteiger partial charge in [-0.25, -0.2) is 14.2 Å². The number of rotatable bonds is 9. The van der Waals surface area contributed by atoms with Crippen LogP contribution in [0.3, 0.4) is 0 Å². The molecule has 8 rings (SSSR count). The summed E-state index contributed by atoms with van der Waals surface area (Å²) in [6, 6.07) is 26.3. The van der Waals surface area contributed by atoms with Gasteiger partial charge in [0.1, 0.15) is 18.2 Å². The molecule has 0 saturated carbocycles.